The first kappa shape index (κ1) is 17.0. The van der Waals surface area contributed by atoms with E-state index in [1.807, 2.05) is 0 Å². The molecule has 2 N–H and O–H groups in total. The molecule has 0 fully saturated rings. The van der Waals surface area contributed by atoms with Gasteiger partial charge in [-0.25, -0.2) is 0 Å². The van der Waals surface area contributed by atoms with E-state index in [-0.39, 0.29) is 34.0 Å². The number of rotatable bonds is 4. The highest BCUT2D eigenvalue weighted by Gasteiger charge is 2.21. The Bertz CT molecular complexity index is 827. The second-order valence-corrected chi connectivity index (χ2v) is 5.88. The van der Waals surface area contributed by atoms with E-state index in [2.05, 4.69) is 15.9 Å². The van der Waals surface area contributed by atoms with Crippen molar-refractivity contribution in [2.45, 2.75) is 6.42 Å². The summed E-state index contributed by atoms with van der Waals surface area (Å²) < 4.78 is 0.341. The van der Waals surface area contributed by atoms with Gasteiger partial charge in [0, 0.05) is 40.2 Å². The molecule has 2 aromatic rings. The number of nitrogens with zero attached hydrogens (tertiary/aromatic N) is 2. The van der Waals surface area contributed by atoms with Gasteiger partial charge in [0.2, 0.25) is 0 Å². The van der Waals surface area contributed by atoms with Gasteiger partial charge >= 0.3 is 5.69 Å². The van der Waals surface area contributed by atoms with Crippen molar-refractivity contribution in [3.8, 4) is 11.5 Å². The molecule has 0 saturated heterocycles. The molecule has 0 saturated carbocycles. The maximum absolute atomic E-state index is 10.9. The lowest BCUT2D eigenvalue weighted by Crippen LogP contribution is -1.97. The Morgan fingerprint density at radius 1 is 1.00 bits per heavy atom. The van der Waals surface area contributed by atoms with Crippen molar-refractivity contribution in [1.82, 2.24) is 0 Å². The molecule has 0 spiro atoms. The summed E-state index contributed by atoms with van der Waals surface area (Å²) in [5, 5.41) is 41.4. The smallest absolute Gasteiger partial charge is 0.312 e. The molecule has 23 heavy (non-hydrogen) atoms. The number of non-ortho nitro benzene ring substituents is 1. The van der Waals surface area contributed by atoms with Crippen LogP contribution in [0.3, 0.4) is 0 Å². The summed E-state index contributed by atoms with van der Waals surface area (Å²) in [7, 11) is 0. The predicted molar refractivity (Wildman–Crippen MR) is 85.0 cm³/mol. The van der Waals surface area contributed by atoms with Crippen LogP contribution < -0.4 is 0 Å². The molecular formula is C13H8BrClN2O6. The zero-order valence-corrected chi connectivity index (χ0v) is 13.5. The first-order chi connectivity index (χ1) is 10.7. The van der Waals surface area contributed by atoms with Crippen molar-refractivity contribution < 1.29 is 20.1 Å². The Morgan fingerprint density at radius 3 is 2.17 bits per heavy atom. The van der Waals surface area contributed by atoms with Crippen LogP contribution in [0.5, 0.6) is 11.5 Å². The largest absolute Gasteiger partial charge is 0.506 e. The Morgan fingerprint density at radius 2 is 1.61 bits per heavy atom. The Labute approximate surface area is 142 Å². The van der Waals surface area contributed by atoms with E-state index >= 15 is 0 Å². The highest BCUT2D eigenvalue weighted by molar-refractivity contribution is 9.10. The minimum atomic E-state index is -0.760. The summed E-state index contributed by atoms with van der Waals surface area (Å²) in [4.78, 5) is 20.3. The normalized spacial score (nSPS) is 10.5. The van der Waals surface area contributed by atoms with Gasteiger partial charge in [-0.05, 0) is 6.07 Å². The van der Waals surface area contributed by atoms with Crippen molar-refractivity contribution in [1.29, 1.82) is 0 Å². The Hall–Kier alpha value is -2.39. The van der Waals surface area contributed by atoms with Crippen LogP contribution in [0.25, 0.3) is 0 Å². The van der Waals surface area contributed by atoms with Crippen LogP contribution in [-0.2, 0) is 6.42 Å². The number of phenols is 2. The third kappa shape index (κ3) is 3.51. The molecule has 8 nitrogen and oxygen atoms in total. The molecule has 0 aromatic heterocycles. The molecule has 0 radical (unpaired) electrons. The van der Waals surface area contributed by atoms with E-state index in [1.54, 1.807) is 0 Å². The summed E-state index contributed by atoms with van der Waals surface area (Å²) >= 11 is 8.83. The Balaban J connectivity index is 2.56. The molecule has 0 aliphatic carbocycles. The number of nitro groups is 2. The number of hydrogen-bond acceptors (Lipinski definition) is 6. The molecule has 2 rings (SSSR count). The molecule has 0 amide bonds. The van der Waals surface area contributed by atoms with Gasteiger partial charge in [-0.3, -0.25) is 20.2 Å². The molecule has 0 aliphatic rings. The topological polar surface area (TPSA) is 127 Å². The van der Waals surface area contributed by atoms with Crippen LogP contribution in [-0.4, -0.2) is 20.1 Å². The molecule has 0 atom stereocenters. The molecule has 2 aromatic carbocycles. The zero-order chi connectivity index (χ0) is 17.3. The van der Waals surface area contributed by atoms with Gasteiger partial charge in [-0.1, -0.05) is 27.5 Å². The lowest BCUT2D eigenvalue weighted by atomic mass is 10.0. The molecule has 0 unspecified atom stereocenters. The SMILES string of the molecule is O=[N+]([O-])c1cc(Cl)c(O)c(Cc2cc(Br)cc([N+](=O)[O-])c2O)c1. The van der Waals surface area contributed by atoms with E-state index in [0.29, 0.717) is 4.47 Å². The average Bonchev–Trinajstić information content (AvgIpc) is 2.46. The fourth-order valence-corrected chi connectivity index (χ4v) is 2.73. The van der Waals surface area contributed by atoms with Crippen molar-refractivity contribution in [2.75, 3.05) is 0 Å². The van der Waals surface area contributed by atoms with E-state index in [0.717, 1.165) is 18.2 Å². The summed E-state index contributed by atoms with van der Waals surface area (Å²) in [6.45, 7) is 0. The monoisotopic (exact) mass is 402 g/mol. The lowest BCUT2D eigenvalue weighted by molar-refractivity contribution is -0.386. The molecule has 10 heteroatoms. The second-order valence-electron chi connectivity index (χ2n) is 4.56. The highest BCUT2D eigenvalue weighted by atomic mass is 79.9. The average molecular weight is 404 g/mol. The van der Waals surface area contributed by atoms with Crippen molar-refractivity contribution in [2.24, 2.45) is 0 Å². The molecule has 0 heterocycles. The van der Waals surface area contributed by atoms with E-state index in [1.165, 1.54) is 6.07 Å². The predicted octanol–water partition coefficient (Wildman–Crippen LogP) is 3.92. The number of aromatic hydroxyl groups is 2. The van der Waals surface area contributed by atoms with Crippen LogP contribution >= 0.6 is 27.5 Å². The van der Waals surface area contributed by atoms with Gasteiger partial charge in [0.15, 0.2) is 5.75 Å². The van der Waals surface area contributed by atoms with E-state index in [4.69, 9.17) is 11.6 Å². The number of halogens is 2. The molecular weight excluding hydrogens is 396 g/mol. The van der Waals surface area contributed by atoms with Gasteiger partial charge in [0.25, 0.3) is 5.69 Å². The van der Waals surface area contributed by atoms with E-state index < -0.39 is 21.3 Å². The van der Waals surface area contributed by atoms with E-state index in [9.17, 15) is 30.4 Å². The van der Waals surface area contributed by atoms with Gasteiger partial charge in [-0.15, -0.1) is 0 Å². The van der Waals surface area contributed by atoms with Crippen LogP contribution in [0.1, 0.15) is 11.1 Å². The van der Waals surface area contributed by atoms with Crippen LogP contribution in [0, 0.1) is 20.2 Å². The lowest BCUT2D eigenvalue weighted by Gasteiger charge is -2.09. The quantitative estimate of drug-likeness (QED) is 0.588. The van der Waals surface area contributed by atoms with Gasteiger partial charge in [-0.2, -0.15) is 0 Å². The number of phenolic OH excluding ortho intramolecular Hbond substituents is 2. The number of benzene rings is 2. The standard InChI is InChI=1S/C13H8BrClN2O6/c14-8-2-6(13(19)11(4-8)17(22)23)1-7-3-9(16(20)21)5-10(15)12(7)18/h2-5,18-19H,1H2. The first-order valence-electron chi connectivity index (χ1n) is 6.02. The summed E-state index contributed by atoms with van der Waals surface area (Å²) in [5.74, 6) is -0.973. The van der Waals surface area contributed by atoms with Crippen molar-refractivity contribution in [3.05, 3.63) is 65.1 Å². The molecule has 0 aliphatic heterocycles. The first-order valence-corrected chi connectivity index (χ1v) is 7.19. The van der Waals surface area contributed by atoms with Gasteiger partial charge in [0.1, 0.15) is 5.75 Å². The minimum Gasteiger partial charge on any atom is -0.506 e. The van der Waals surface area contributed by atoms with Crippen LogP contribution in [0.4, 0.5) is 11.4 Å². The highest BCUT2D eigenvalue weighted by Crippen LogP contribution is 2.38. The van der Waals surface area contributed by atoms with Crippen molar-refractivity contribution >= 4 is 38.9 Å². The fourth-order valence-electron chi connectivity index (χ4n) is 2.00. The third-order valence-electron chi connectivity index (χ3n) is 3.05. The van der Waals surface area contributed by atoms with Crippen molar-refractivity contribution in [3.63, 3.8) is 0 Å². The summed E-state index contributed by atoms with van der Waals surface area (Å²) in [6.07, 6.45) is -0.181. The fraction of sp³-hybridized carbons (Fsp3) is 0.0769. The van der Waals surface area contributed by atoms with Crippen LogP contribution in [0.15, 0.2) is 28.7 Å². The summed E-state index contributed by atoms with van der Waals surface area (Å²) in [5.41, 5.74) is -0.693. The maximum atomic E-state index is 10.9. The van der Waals surface area contributed by atoms with Gasteiger partial charge < -0.3 is 10.2 Å². The van der Waals surface area contributed by atoms with Gasteiger partial charge in [0.05, 0.1) is 14.9 Å². The number of hydrogen-bond donors (Lipinski definition) is 2. The second kappa shape index (κ2) is 6.39. The third-order valence-corrected chi connectivity index (χ3v) is 3.79. The zero-order valence-electron chi connectivity index (χ0n) is 11.2. The molecule has 120 valence electrons. The maximum Gasteiger partial charge on any atom is 0.312 e. The minimum absolute atomic E-state index is 0.0619. The summed E-state index contributed by atoms with van der Waals surface area (Å²) in [6, 6.07) is 4.62. The number of nitro benzene ring substituents is 2. The molecule has 0 bridgehead atoms. The Kier molecular flexibility index (Phi) is 4.71. The van der Waals surface area contributed by atoms with Crippen LogP contribution in [0.2, 0.25) is 5.02 Å².